The monoisotopic (exact) mass is 452 g/mol. The number of rotatable bonds is 7. The zero-order valence-corrected chi connectivity index (χ0v) is 18.2. The number of hydrogen-bond donors (Lipinski definition) is 2. The molecule has 0 aliphatic carbocycles. The molecular formula is C25H22F2N2O2S. The Bertz CT molecular complexity index is 1140. The van der Waals surface area contributed by atoms with E-state index < -0.39 is 16.9 Å². The van der Waals surface area contributed by atoms with Crippen molar-refractivity contribution >= 4 is 22.9 Å². The van der Waals surface area contributed by atoms with Gasteiger partial charge in [-0.1, -0.05) is 72.4 Å². The van der Waals surface area contributed by atoms with Crippen molar-refractivity contribution in [1.29, 1.82) is 0 Å². The van der Waals surface area contributed by atoms with Gasteiger partial charge in [-0.25, -0.2) is 8.78 Å². The van der Waals surface area contributed by atoms with E-state index in [9.17, 15) is 18.4 Å². The molecule has 164 valence electrons. The quantitative estimate of drug-likeness (QED) is 0.511. The highest BCUT2D eigenvalue weighted by atomic mass is 32.2. The van der Waals surface area contributed by atoms with Gasteiger partial charge >= 0.3 is 0 Å². The predicted molar refractivity (Wildman–Crippen MR) is 121 cm³/mol. The van der Waals surface area contributed by atoms with Crippen molar-refractivity contribution in [2.75, 3.05) is 0 Å². The van der Waals surface area contributed by atoms with Crippen LogP contribution >= 0.6 is 11.8 Å². The largest absolute Gasteiger partial charge is 0.300 e. The van der Waals surface area contributed by atoms with E-state index in [0.717, 1.165) is 34.5 Å². The van der Waals surface area contributed by atoms with Crippen molar-refractivity contribution in [2.24, 2.45) is 0 Å². The van der Waals surface area contributed by atoms with Gasteiger partial charge in [0.05, 0.1) is 11.3 Å². The maximum absolute atomic E-state index is 13.8. The highest BCUT2D eigenvalue weighted by Gasteiger charge is 2.31. The van der Waals surface area contributed by atoms with Gasteiger partial charge in [0, 0.05) is 6.04 Å². The minimum atomic E-state index is -0.878. The molecule has 32 heavy (non-hydrogen) atoms. The summed E-state index contributed by atoms with van der Waals surface area (Å²) in [4.78, 5) is 23.4. The minimum absolute atomic E-state index is 0.217. The normalized spacial score (nSPS) is 17.8. The Morgan fingerprint density at radius 3 is 2.34 bits per heavy atom. The molecule has 4 nitrogen and oxygen atoms in total. The van der Waals surface area contributed by atoms with E-state index in [-0.39, 0.29) is 23.2 Å². The molecule has 7 heteroatoms. The fourth-order valence-electron chi connectivity index (χ4n) is 3.80. The molecule has 1 aliphatic rings. The van der Waals surface area contributed by atoms with Crippen LogP contribution in [0.3, 0.4) is 0 Å². The summed E-state index contributed by atoms with van der Waals surface area (Å²) in [6, 6.07) is 21.1. The molecular weight excluding hydrogens is 430 g/mol. The summed E-state index contributed by atoms with van der Waals surface area (Å²) in [5.41, 5.74) is 3.56. The first-order valence-corrected chi connectivity index (χ1v) is 11.1. The second-order valence-corrected chi connectivity index (χ2v) is 8.91. The first-order chi connectivity index (χ1) is 15.4. The Morgan fingerprint density at radius 1 is 0.906 bits per heavy atom. The van der Waals surface area contributed by atoms with E-state index >= 15 is 0 Å². The Balaban J connectivity index is 1.61. The lowest BCUT2D eigenvalue weighted by Crippen LogP contribution is -2.26. The molecule has 0 saturated carbocycles. The van der Waals surface area contributed by atoms with Crippen LogP contribution in [-0.4, -0.2) is 16.4 Å². The summed E-state index contributed by atoms with van der Waals surface area (Å²) >= 11 is 1.01. The number of amides is 2. The summed E-state index contributed by atoms with van der Waals surface area (Å²) in [6.07, 6.45) is 0.441. The van der Waals surface area contributed by atoms with E-state index in [0.29, 0.717) is 12.0 Å². The van der Waals surface area contributed by atoms with Crippen molar-refractivity contribution in [3.05, 3.63) is 107 Å². The fraction of sp³-hybridized carbons (Fsp3) is 0.200. The Kier molecular flexibility index (Phi) is 6.67. The Labute approximate surface area is 189 Å². The third kappa shape index (κ3) is 5.06. The van der Waals surface area contributed by atoms with Crippen molar-refractivity contribution in [3.63, 3.8) is 0 Å². The lowest BCUT2D eigenvalue weighted by molar-refractivity contribution is -0.118. The number of halogens is 2. The summed E-state index contributed by atoms with van der Waals surface area (Å²) < 4.78 is 27.1. The highest BCUT2D eigenvalue weighted by molar-refractivity contribution is 8.15. The van der Waals surface area contributed by atoms with E-state index in [1.54, 1.807) is 6.07 Å². The molecule has 2 N–H and O–H groups in total. The van der Waals surface area contributed by atoms with Crippen LogP contribution in [0.4, 0.5) is 13.6 Å². The summed E-state index contributed by atoms with van der Waals surface area (Å²) in [7, 11) is 0. The molecule has 1 aliphatic heterocycles. The van der Waals surface area contributed by atoms with Gasteiger partial charge < -0.3 is 0 Å². The van der Waals surface area contributed by atoms with E-state index in [1.165, 1.54) is 6.07 Å². The molecule has 1 fully saturated rings. The zero-order chi connectivity index (χ0) is 22.7. The predicted octanol–water partition coefficient (Wildman–Crippen LogP) is 5.30. The van der Waals surface area contributed by atoms with Crippen molar-refractivity contribution in [2.45, 2.75) is 30.7 Å². The number of carbonyl (C=O) groups is 2. The molecule has 3 aromatic rings. The van der Waals surface area contributed by atoms with Crippen LogP contribution in [0.1, 0.15) is 41.3 Å². The standard InChI is InChI=1S/C25H22F2N2O2S/c1-15(18-10-11-20(26)21(27)14-18)28-23(17-7-3-2-4-8-17)19-9-5-6-16(12-19)13-22-24(30)29-25(31)32-22/h2-12,14-15,22-23,28H,13H2,1H3,(H,29,30,31). The summed E-state index contributed by atoms with van der Waals surface area (Å²) in [5.74, 6) is -2.02. The van der Waals surface area contributed by atoms with Gasteiger partial charge in [-0.05, 0) is 47.7 Å². The van der Waals surface area contributed by atoms with Crippen LogP contribution in [0.2, 0.25) is 0 Å². The second-order valence-electron chi connectivity index (χ2n) is 7.74. The van der Waals surface area contributed by atoms with Crippen LogP contribution in [0.25, 0.3) is 0 Å². The molecule has 1 saturated heterocycles. The van der Waals surface area contributed by atoms with Gasteiger partial charge in [0.2, 0.25) is 5.91 Å². The molecule has 2 amide bonds. The van der Waals surface area contributed by atoms with Crippen LogP contribution in [0.15, 0.2) is 72.8 Å². The number of thioether (sulfide) groups is 1. The number of carbonyl (C=O) groups excluding carboxylic acids is 2. The molecule has 1 heterocycles. The highest BCUT2D eigenvalue weighted by Crippen LogP contribution is 2.29. The number of hydrogen-bond acceptors (Lipinski definition) is 4. The average molecular weight is 453 g/mol. The van der Waals surface area contributed by atoms with Crippen LogP contribution < -0.4 is 10.6 Å². The maximum Gasteiger partial charge on any atom is 0.286 e. The smallest absolute Gasteiger partial charge is 0.286 e. The topological polar surface area (TPSA) is 58.2 Å². The van der Waals surface area contributed by atoms with Gasteiger partial charge in [0.15, 0.2) is 11.6 Å². The molecule has 0 bridgehead atoms. The lowest BCUT2D eigenvalue weighted by atomic mass is 9.94. The number of imide groups is 1. The molecule has 0 aromatic heterocycles. The molecule has 0 radical (unpaired) electrons. The van der Waals surface area contributed by atoms with Crippen molar-refractivity contribution in [3.8, 4) is 0 Å². The Morgan fingerprint density at radius 2 is 1.66 bits per heavy atom. The third-order valence-electron chi connectivity index (χ3n) is 5.47. The third-order valence-corrected chi connectivity index (χ3v) is 6.45. The van der Waals surface area contributed by atoms with Crippen LogP contribution in [0, 0.1) is 11.6 Å². The Hall–Kier alpha value is -3.03. The van der Waals surface area contributed by atoms with Gasteiger partial charge in [-0.2, -0.15) is 0 Å². The van der Waals surface area contributed by atoms with Crippen LogP contribution in [0.5, 0.6) is 0 Å². The molecule has 3 aromatic carbocycles. The van der Waals surface area contributed by atoms with E-state index in [1.807, 2.05) is 61.5 Å². The number of nitrogens with one attached hydrogen (secondary N) is 2. The zero-order valence-electron chi connectivity index (χ0n) is 17.3. The number of benzene rings is 3. The maximum atomic E-state index is 13.8. The molecule has 3 atom stereocenters. The summed E-state index contributed by atoms with van der Waals surface area (Å²) in [6.45, 7) is 1.90. The lowest BCUT2D eigenvalue weighted by Gasteiger charge is -2.25. The SMILES string of the molecule is CC(NC(c1ccccc1)c1cccc(CC2SC(=O)NC2=O)c1)c1ccc(F)c(F)c1. The summed E-state index contributed by atoms with van der Waals surface area (Å²) in [5, 5.41) is 5.08. The van der Waals surface area contributed by atoms with E-state index in [2.05, 4.69) is 10.6 Å². The fourth-order valence-corrected chi connectivity index (χ4v) is 4.66. The van der Waals surface area contributed by atoms with Crippen molar-refractivity contribution < 1.29 is 18.4 Å². The van der Waals surface area contributed by atoms with Gasteiger partial charge in [-0.15, -0.1) is 0 Å². The molecule has 4 rings (SSSR count). The first kappa shape index (κ1) is 22.2. The minimum Gasteiger partial charge on any atom is -0.300 e. The second kappa shape index (κ2) is 9.63. The first-order valence-electron chi connectivity index (χ1n) is 10.3. The van der Waals surface area contributed by atoms with E-state index in [4.69, 9.17) is 0 Å². The van der Waals surface area contributed by atoms with Gasteiger partial charge in [0.1, 0.15) is 0 Å². The van der Waals surface area contributed by atoms with Gasteiger partial charge in [-0.3, -0.25) is 20.2 Å². The average Bonchev–Trinajstić information content (AvgIpc) is 3.11. The molecule has 0 spiro atoms. The van der Waals surface area contributed by atoms with Crippen LogP contribution in [-0.2, 0) is 11.2 Å². The van der Waals surface area contributed by atoms with Crippen molar-refractivity contribution in [1.82, 2.24) is 10.6 Å². The van der Waals surface area contributed by atoms with Gasteiger partial charge in [0.25, 0.3) is 5.24 Å². The molecule has 3 unspecified atom stereocenters.